The molecular formula is C14H14N4O10. The smallest absolute Gasteiger partial charge is 0.397 e. The third kappa shape index (κ3) is 5.45. The van der Waals surface area contributed by atoms with E-state index in [9.17, 15) is 39.4 Å². The van der Waals surface area contributed by atoms with Crippen LogP contribution in [0.5, 0.6) is 0 Å². The van der Waals surface area contributed by atoms with Gasteiger partial charge in [0, 0.05) is 0 Å². The first-order chi connectivity index (χ1) is 13.1. The fourth-order valence-electron chi connectivity index (χ4n) is 1.82. The number of benzene rings is 1. The zero-order valence-corrected chi connectivity index (χ0v) is 14.5. The number of nitro groups is 2. The van der Waals surface area contributed by atoms with Gasteiger partial charge in [-0.15, -0.1) is 0 Å². The van der Waals surface area contributed by atoms with E-state index < -0.39 is 56.3 Å². The summed E-state index contributed by atoms with van der Waals surface area (Å²) in [5, 5.41) is 26.0. The Balaban J connectivity index is 3.38. The highest BCUT2D eigenvalue weighted by Crippen LogP contribution is 2.36. The molecule has 0 saturated carbocycles. The summed E-state index contributed by atoms with van der Waals surface area (Å²) >= 11 is 0. The predicted molar refractivity (Wildman–Crippen MR) is 90.3 cm³/mol. The molecule has 0 aliphatic rings. The number of hydrogen-bond donors (Lipinski definition) is 2. The highest BCUT2D eigenvalue weighted by atomic mass is 16.6. The van der Waals surface area contributed by atoms with Crippen molar-refractivity contribution in [2.75, 3.05) is 23.8 Å². The molecule has 0 saturated heterocycles. The maximum Gasteiger partial charge on any atom is 0.397 e. The molecule has 0 unspecified atom stereocenters. The lowest BCUT2D eigenvalue weighted by atomic mass is 10.2. The van der Waals surface area contributed by atoms with E-state index in [1.165, 1.54) is 13.8 Å². The van der Waals surface area contributed by atoms with Gasteiger partial charge in [0.1, 0.15) is 11.4 Å². The lowest BCUT2D eigenvalue weighted by molar-refractivity contribution is -0.393. The zero-order valence-electron chi connectivity index (χ0n) is 14.5. The van der Waals surface area contributed by atoms with Crippen LogP contribution in [0.4, 0.5) is 22.7 Å². The number of hydrogen-bond acceptors (Lipinski definition) is 10. The molecule has 0 aliphatic carbocycles. The second kappa shape index (κ2) is 9.56. The maximum atomic E-state index is 11.7. The average Bonchev–Trinajstić information content (AvgIpc) is 2.61. The Morgan fingerprint density at radius 1 is 0.821 bits per heavy atom. The van der Waals surface area contributed by atoms with Crippen molar-refractivity contribution < 1.29 is 38.5 Å². The highest BCUT2D eigenvalue weighted by Gasteiger charge is 2.29. The summed E-state index contributed by atoms with van der Waals surface area (Å²) in [6.07, 6.45) is 0. The molecule has 1 aromatic carbocycles. The number of anilines is 2. The van der Waals surface area contributed by atoms with Crippen LogP contribution in [0.1, 0.15) is 13.8 Å². The molecule has 1 rings (SSSR count). The molecule has 150 valence electrons. The second-order valence-electron chi connectivity index (χ2n) is 4.75. The van der Waals surface area contributed by atoms with Crippen LogP contribution >= 0.6 is 0 Å². The molecule has 2 amide bonds. The largest absolute Gasteiger partial charge is 0.459 e. The molecule has 0 radical (unpaired) electrons. The molecule has 0 fully saturated rings. The predicted octanol–water partition coefficient (Wildman–Crippen LogP) is 0.506. The van der Waals surface area contributed by atoms with Crippen molar-refractivity contribution in [3.8, 4) is 0 Å². The molecule has 1 aromatic rings. The van der Waals surface area contributed by atoms with Crippen LogP contribution in [0.2, 0.25) is 0 Å². The monoisotopic (exact) mass is 398 g/mol. The average molecular weight is 398 g/mol. The van der Waals surface area contributed by atoms with Crippen LogP contribution in [0.25, 0.3) is 0 Å². The van der Waals surface area contributed by atoms with Crippen LogP contribution < -0.4 is 10.6 Å². The Morgan fingerprint density at radius 2 is 1.18 bits per heavy atom. The van der Waals surface area contributed by atoms with Crippen LogP contribution in [0, 0.1) is 20.2 Å². The van der Waals surface area contributed by atoms with Crippen molar-refractivity contribution in [1.29, 1.82) is 0 Å². The Labute approximate surface area is 156 Å². The first-order valence-corrected chi connectivity index (χ1v) is 7.55. The van der Waals surface area contributed by atoms with E-state index >= 15 is 0 Å². The zero-order chi connectivity index (χ0) is 21.4. The molecule has 0 bridgehead atoms. The Kier molecular flexibility index (Phi) is 7.49. The van der Waals surface area contributed by atoms with E-state index in [4.69, 9.17) is 0 Å². The van der Waals surface area contributed by atoms with Crippen molar-refractivity contribution in [2.45, 2.75) is 13.8 Å². The van der Waals surface area contributed by atoms with Gasteiger partial charge in [-0.05, 0) is 19.9 Å². The van der Waals surface area contributed by atoms with Gasteiger partial charge >= 0.3 is 23.8 Å². The summed E-state index contributed by atoms with van der Waals surface area (Å²) in [4.78, 5) is 66.4. The number of nitrogens with one attached hydrogen (secondary N) is 2. The van der Waals surface area contributed by atoms with Crippen molar-refractivity contribution in [1.82, 2.24) is 0 Å². The minimum Gasteiger partial charge on any atom is -0.459 e. The van der Waals surface area contributed by atoms with E-state index in [-0.39, 0.29) is 13.2 Å². The van der Waals surface area contributed by atoms with Gasteiger partial charge in [0.05, 0.1) is 29.1 Å². The number of rotatable bonds is 6. The Morgan fingerprint density at radius 3 is 1.46 bits per heavy atom. The summed E-state index contributed by atoms with van der Waals surface area (Å²) in [5.41, 5.74) is -3.16. The molecular weight excluding hydrogens is 384 g/mol. The van der Waals surface area contributed by atoms with Gasteiger partial charge in [-0.2, -0.15) is 0 Å². The van der Waals surface area contributed by atoms with Crippen LogP contribution in [-0.2, 0) is 28.7 Å². The Hall–Kier alpha value is -4.10. The van der Waals surface area contributed by atoms with E-state index in [0.29, 0.717) is 12.1 Å². The van der Waals surface area contributed by atoms with E-state index in [1.807, 2.05) is 10.6 Å². The van der Waals surface area contributed by atoms with Gasteiger partial charge in [0.15, 0.2) is 0 Å². The molecule has 14 nitrogen and oxygen atoms in total. The lowest BCUT2D eigenvalue weighted by Crippen LogP contribution is -2.27. The first kappa shape index (κ1) is 21.9. The van der Waals surface area contributed by atoms with E-state index in [0.717, 1.165) is 0 Å². The standard InChI is InChI=1S/C14H14N4O10/c1-3-27-13(21)11(19)15-7-5-8(16-12(20)14(22)28-4-2)10(18(25)26)6-9(7)17(23)24/h5-6H,3-4H2,1-2H3,(H,15,19)(H,16,20). The number of ether oxygens (including phenoxy) is 2. The number of esters is 2. The fourth-order valence-corrected chi connectivity index (χ4v) is 1.82. The van der Waals surface area contributed by atoms with E-state index in [2.05, 4.69) is 9.47 Å². The Bertz CT molecular complexity index is 786. The molecule has 0 heterocycles. The first-order valence-electron chi connectivity index (χ1n) is 7.55. The van der Waals surface area contributed by atoms with Gasteiger partial charge in [-0.1, -0.05) is 0 Å². The molecule has 0 spiro atoms. The summed E-state index contributed by atoms with van der Waals surface area (Å²) in [6.45, 7) is 2.55. The number of nitro benzene ring substituents is 2. The molecule has 28 heavy (non-hydrogen) atoms. The topological polar surface area (TPSA) is 197 Å². The fraction of sp³-hybridized carbons (Fsp3) is 0.286. The second-order valence-corrected chi connectivity index (χ2v) is 4.75. The number of carbonyl (C=O) groups is 4. The van der Waals surface area contributed by atoms with Crippen LogP contribution in [0.3, 0.4) is 0 Å². The summed E-state index contributed by atoms with van der Waals surface area (Å²) in [5.74, 6) is -5.48. The lowest BCUT2D eigenvalue weighted by Gasteiger charge is -2.10. The number of nitrogens with zero attached hydrogens (tertiary/aromatic N) is 2. The minimum atomic E-state index is -1.39. The SMILES string of the molecule is CCOC(=O)C(=O)Nc1cc(NC(=O)C(=O)OCC)c([N+](=O)[O-])cc1[N+](=O)[O-]. The minimum absolute atomic E-state index is 0.143. The molecule has 0 aliphatic heterocycles. The number of amides is 2. The van der Waals surface area contributed by atoms with Crippen molar-refractivity contribution >= 4 is 46.5 Å². The van der Waals surface area contributed by atoms with Gasteiger partial charge in [0.25, 0.3) is 11.4 Å². The van der Waals surface area contributed by atoms with E-state index in [1.54, 1.807) is 0 Å². The molecule has 0 aromatic heterocycles. The number of carbonyl (C=O) groups excluding carboxylic acids is 4. The summed E-state index contributed by atoms with van der Waals surface area (Å²) in [7, 11) is 0. The van der Waals surface area contributed by atoms with Crippen molar-refractivity contribution in [3.05, 3.63) is 32.4 Å². The van der Waals surface area contributed by atoms with Gasteiger partial charge in [0.2, 0.25) is 0 Å². The van der Waals surface area contributed by atoms with Crippen molar-refractivity contribution in [3.63, 3.8) is 0 Å². The van der Waals surface area contributed by atoms with Gasteiger partial charge < -0.3 is 20.1 Å². The molecule has 0 atom stereocenters. The quantitative estimate of drug-likeness (QED) is 0.294. The van der Waals surface area contributed by atoms with Gasteiger partial charge in [-0.3, -0.25) is 29.8 Å². The summed E-state index contributed by atoms with van der Waals surface area (Å²) < 4.78 is 8.86. The summed E-state index contributed by atoms with van der Waals surface area (Å²) in [6, 6.07) is 1.10. The molecule has 14 heteroatoms. The van der Waals surface area contributed by atoms with Gasteiger partial charge in [-0.25, -0.2) is 9.59 Å². The molecule has 2 N–H and O–H groups in total. The highest BCUT2D eigenvalue weighted by molar-refractivity contribution is 6.38. The van der Waals surface area contributed by atoms with Crippen LogP contribution in [-0.4, -0.2) is 46.8 Å². The van der Waals surface area contributed by atoms with Crippen LogP contribution in [0.15, 0.2) is 12.1 Å². The third-order valence-corrected chi connectivity index (χ3v) is 2.93. The van der Waals surface area contributed by atoms with Crippen molar-refractivity contribution in [2.24, 2.45) is 0 Å². The normalized spacial score (nSPS) is 9.79. The third-order valence-electron chi connectivity index (χ3n) is 2.93. The maximum absolute atomic E-state index is 11.7.